The van der Waals surface area contributed by atoms with Crippen molar-refractivity contribution in [1.29, 1.82) is 0 Å². The van der Waals surface area contributed by atoms with Crippen molar-refractivity contribution < 1.29 is 0 Å². The summed E-state index contributed by atoms with van der Waals surface area (Å²) in [7, 11) is 0. The molecule has 4 aliphatic carbocycles. The molecule has 0 amide bonds. The molecule has 0 spiro atoms. The van der Waals surface area contributed by atoms with Gasteiger partial charge < -0.3 is 0 Å². The Bertz CT molecular complexity index is 352. The van der Waals surface area contributed by atoms with Crippen LogP contribution in [0.15, 0.2) is 0 Å². The molecule has 0 bridgehead atoms. The van der Waals surface area contributed by atoms with Crippen molar-refractivity contribution in [3.63, 3.8) is 0 Å². The van der Waals surface area contributed by atoms with Crippen LogP contribution >= 0.6 is 95.6 Å². The molecule has 0 aromatic heterocycles. The van der Waals surface area contributed by atoms with Crippen LogP contribution in [-0.4, -0.2) is 29.0 Å². The van der Waals surface area contributed by atoms with Crippen LogP contribution in [0, 0.1) is 35.5 Å². The lowest BCUT2D eigenvalue weighted by Crippen LogP contribution is -2.56. The van der Waals surface area contributed by atoms with Crippen LogP contribution in [0.3, 0.4) is 0 Å². The fourth-order valence-electron chi connectivity index (χ4n) is 6.45. The van der Waals surface area contributed by atoms with Crippen molar-refractivity contribution in [3.05, 3.63) is 0 Å². The summed E-state index contributed by atoms with van der Waals surface area (Å²) in [4.78, 5) is 3.91. The zero-order chi connectivity index (χ0) is 17.2. The zero-order valence-corrected chi connectivity index (χ0v) is 23.0. The van der Waals surface area contributed by atoms with Crippen molar-refractivity contribution in [3.8, 4) is 0 Å². The molecular formula is C18H24Br6. The Morgan fingerprint density at radius 1 is 0.292 bits per heavy atom. The fourth-order valence-corrected chi connectivity index (χ4v) is 10.3. The number of alkyl halides is 6. The van der Waals surface area contributed by atoms with Gasteiger partial charge in [0, 0.05) is 29.0 Å². The molecule has 0 aromatic carbocycles. The fraction of sp³-hybridized carbons (Fsp3) is 1.00. The maximum absolute atomic E-state index is 3.98. The summed E-state index contributed by atoms with van der Waals surface area (Å²) in [5, 5.41) is 0. The molecule has 0 heterocycles. The highest BCUT2D eigenvalue weighted by atomic mass is 79.9. The second kappa shape index (κ2) is 7.95. The highest BCUT2D eigenvalue weighted by Crippen LogP contribution is 2.62. The summed E-state index contributed by atoms with van der Waals surface area (Å²) in [5.41, 5.74) is 0. The van der Waals surface area contributed by atoms with Gasteiger partial charge in [0.15, 0.2) is 0 Å². The molecule has 0 saturated heterocycles. The molecule has 0 nitrogen and oxygen atoms in total. The zero-order valence-electron chi connectivity index (χ0n) is 13.4. The quantitative estimate of drug-likeness (QED) is 0.226. The molecule has 0 N–H and O–H groups in total. The number of hydrogen-bond acceptors (Lipinski definition) is 0. The van der Waals surface area contributed by atoms with Crippen LogP contribution in [0.4, 0.5) is 0 Å². The molecule has 0 radical (unpaired) electrons. The normalized spacial score (nSPS) is 60.8. The minimum Gasteiger partial charge on any atom is -0.0878 e. The van der Waals surface area contributed by atoms with Gasteiger partial charge in [-0.05, 0) is 74.0 Å². The molecule has 6 atom stereocenters. The number of halogens is 6. The molecule has 4 saturated carbocycles. The lowest BCUT2D eigenvalue weighted by molar-refractivity contribution is -0.0697. The predicted molar refractivity (Wildman–Crippen MR) is 125 cm³/mol. The summed E-state index contributed by atoms with van der Waals surface area (Å²) >= 11 is 23.9. The smallest absolute Gasteiger partial charge is 0.0274 e. The van der Waals surface area contributed by atoms with Gasteiger partial charge in [-0.25, -0.2) is 0 Å². The van der Waals surface area contributed by atoms with Gasteiger partial charge in [0.05, 0.1) is 0 Å². The topological polar surface area (TPSA) is 0 Å². The van der Waals surface area contributed by atoms with Gasteiger partial charge in [-0.3, -0.25) is 0 Å². The lowest BCUT2D eigenvalue weighted by Gasteiger charge is -2.60. The third kappa shape index (κ3) is 3.59. The summed E-state index contributed by atoms with van der Waals surface area (Å²) < 4.78 is 0. The van der Waals surface area contributed by atoms with E-state index in [1.807, 2.05) is 0 Å². The van der Waals surface area contributed by atoms with E-state index < -0.39 is 0 Å². The van der Waals surface area contributed by atoms with E-state index in [0.29, 0.717) is 29.0 Å². The van der Waals surface area contributed by atoms with E-state index in [9.17, 15) is 0 Å². The first-order valence-electron chi connectivity index (χ1n) is 9.21. The van der Waals surface area contributed by atoms with E-state index in [1.165, 1.54) is 38.5 Å². The second-order valence-corrected chi connectivity index (χ2v) is 15.6. The third-order valence-corrected chi connectivity index (χ3v) is 15.7. The van der Waals surface area contributed by atoms with Crippen molar-refractivity contribution in [2.45, 2.75) is 67.5 Å². The summed E-state index contributed by atoms with van der Waals surface area (Å²) in [6.07, 6.45) is 8.18. The van der Waals surface area contributed by atoms with Crippen LogP contribution in [0.1, 0.15) is 38.5 Å². The third-order valence-electron chi connectivity index (χ3n) is 7.46. The molecule has 4 rings (SSSR count). The first kappa shape index (κ1) is 20.2. The van der Waals surface area contributed by atoms with Gasteiger partial charge in [0.2, 0.25) is 0 Å². The Labute approximate surface area is 196 Å². The van der Waals surface area contributed by atoms with Gasteiger partial charge in [0.25, 0.3) is 0 Å². The highest BCUT2D eigenvalue weighted by Gasteiger charge is 2.57. The molecule has 4 fully saturated rings. The number of fused-ring (bicyclic) bond motifs is 6. The molecular weight excluding hydrogens is 696 g/mol. The van der Waals surface area contributed by atoms with E-state index in [0.717, 1.165) is 35.5 Å². The molecule has 0 aliphatic heterocycles. The SMILES string of the molecule is BrC1CC2C3CC(Br)C(Br)CC3C3CC(Br)C(Br)CC3C2CC1Br. The van der Waals surface area contributed by atoms with Crippen molar-refractivity contribution in [2.24, 2.45) is 35.5 Å². The van der Waals surface area contributed by atoms with Gasteiger partial charge in [-0.2, -0.15) is 0 Å². The lowest BCUT2D eigenvalue weighted by atomic mass is 9.48. The van der Waals surface area contributed by atoms with E-state index in [1.54, 1.807) is 0 Å². The van der Waals surface area contributed by atoms with Crippen LogP contribution in [0.5, 0.6) is 0 Å². The summed E-state index contributed by atoms with van der Waals surface area (Å²) in [5.74, 6) is 5.51. The second-order valence-electron chi connectivity index (χ2n) is 8.49. The minimum atomic E-state index is 0.652. The van der Waals surface area contributed by atoms with Gasteiger partial charge >= 0.3 is 0 Å². The molecule has 0 aromatic rings. The first-order valence-corrected chi connectivity index (χ1v) is 14.7. The van der Waals surface area contributed by atoms with Crippen LogP contribution in [0.25, 0.3) is 0 Å². The number of rotatable bonds is 0. The average Bonchev–Trinajstić information content (AvgIpc) is 2.53. The highest BCUT2D eigenvalue weighted by molar-refractivity contribution is 9.13. The van der Waals surface area contributed by atoms with Gasteiger partial charge in [-0.1, -0.05) is 95.6 Å². The maximum Gasteiger partial charge on any atom is 0.0274 e. The molecule has 24 heavy (non-hydrogen) atoms. The molecule has 138 valence electrons. The van der Waals surface area contributed by atoms with Crippen molar-refractivity contribution in [1.82, 2.24) is 0 Å². The molecule has 6 heteroatoms. The Morgan fingerprint density at radius 3 is 0.542 bits per heavy atom. The van der Waals surface area contributed by atoms with E-state index >= 15 is 0 Å². The van der Waals surface area contributed by atoms with Crippen molar-refractivity contribution >= 4 is 95.6 Å². The van der Waals surface area contributed by atoms with E-state index in [2.05, 4.69) is 95.6 Å². The largest absolute Gasteiger partial charge is 0.0878 e. The average molecular weight is 720 g/mol. The van der Waals surface area contributed by atoms with Gasteiger partial charge in [0.1, 0.15) is 0 Å². The Morgan fingerprint density at radius 2 is 0.417 bits per heavy atom. The van der Waals surface area contributed by atoms with Crippen LogP contribution < -0.4 is 0 Å². The van der Waals surface area contributed by atoms with Crippen molar-refractivity contribution in [2.75, 3.05) is 0 Å². The molecule has 4 aliphatic rings. The van der Waals surface area contributed by atoms with E-state index in [4.69, 9.17) is 0 Å². The van der Waals surface area contributed by atoms with Gasteiger partial charge in [-0.15, -0.1) is 0 Å². The summed E-state index contributed by atoms with van der Waals surface area (Å²) in [6.45, 7) is 0. The maximum atomic E-state index is 3.98. The first-order chi connectivity index (χ1) is 11.4. The Hall–Kier alpha value is 2.88. The van der Waals surface area contributed by atoms with Crippen LogP contribution in [-0.2, 0) is 0 Å². The minimum absolute atomic E-state index is 0.652. The molecule has 6 unspecified atom stereocenters. The Kier molecular flexibility index (Phi) is 6.68. The predicted octanol–water partition coefficient (Wildman–Crippen LogP) is 7.66. The monoisotopic (exact) mass is 714 g/mol. The van der Waals surface area contributed by atoms with Crippen LogP contribution in [0.2, 0.25) is 0 Å². The standard InChI is InChI=1S/C18H24Br6/c19-13-1-7-8(2-14(13)20)10-4-17(23)18(24)6-12(10)11-5-16(22)15(21)3-9(7)11/h7-18H,1-6H2. The summed E-state index contributed by atoms with van der Waals surface area (Å²) in [6, 6.07) is 0. The number of hydrogen-bond donors (Lipinski definition) is 0. The Balaban J connectivity index is 1.67. The van der Waals surface area contributed by atoms with E-state index in [-0.39, 0.29) is 0 Å².